The fourth-order valence-corrected chi connectivity index (χ4v) is 23.1. The van der Waals surface area contributed by atoms with Crippen LogP contribution >= 0.6 is 84.0 Å². The predicted molar refractivity (Wildman–Crippen MR) is 479 cm³/mol. The van der Waals surface area contributed by atoms with E-state index in [9.17, 15) is 9.59 Å². The molecular weight excluding hydrogens is 1570 g/mol. The summed E-state index contributed by atoms with van der Waals surface area (Å²) < 4.78 is 1.01. The molecule has 0 fully saturated rings. The molecule has 112 heavy (non-hydrogen) atoms. The number of amides is 6. The molecule has 0 spiro atoms. The van der Waals surface area contributed by atoms with Crippen molar-refractivity contribution in [3.63, 3.8) is 0 Å². The lowest BCUT2D eigenvalue weighted by Crippen LogP contribution is -2.30. The van der Waals surface area contributed by atoms with Gasteiger partial charge < -0.3 is 29.4 Å². The minimum atomic E-state index is -0.0609. The minimum absolute atomic E-state index is 0.00655. The molecule has 6 aliphatic rings. The molecule has 12 nitrogen and oxygen atoms in total. The molecular formula is C93H123BrN6O6S6. The third-order valence-electron chi connectivity index (χ3n) is 22.6. The van der Waals surface area contributed by atoms with Crippen molar-refractivity contribution in [3.05, 3.63) is 154 Å². The fraction of sp³-hybridized carbons (Fsp3) is 0.548. The second kappa shape index (κ2) is 43.2. The van der Waals surface area contributed by atoms with Crippen molar-refractivity contribution in [2.45, 2.75) is 293 Å². The Bertz CT molecular complexity index is 4170. The third kappa shape index (κ3) is 20.5. The van der Waals surface area contributed by atoms with Crippen LogP contribution in [-0.2, 0) is 28.8 Å². The molecule has 6 aromatic rings. The van der Waals surface area contributed by atoms with Gasteiger partial charge >= 0.3 is 0 Å². The number of carbonyl (C=O) groups excluding carboxylic acids is 6. The Morgan fingerprint density at radius 3 is 0.571 bits per heavy atom. The first-order valence-corrected chi connectivity index (χ1v) is 48.8. The Kier molecular flexibility index (Phi) is 33.5. The molecule has 0 saturated carbocycles. The van der Waals surface area contributed by atoms with Gasteiger partial charge in [0, 0.05) is 63.7 Å². The summed E-state index contributed by atoms with van der Waals surface area (Å²) in [7, 11) is 0. The Balaban J connectivity index is 0.000000273. The number of carbonyl (C=O) groups is 6. The quantitative estimate of drug-likeness (QED) is 0.0351. The van der Waals surface area contributed by atoms with E-state index in [1.807, 2.05) is 41.5 Å². The van der Waals surface area contributed by atoms with Gasteiger partial charge in [-0.25, -0.2) is 0 Å². The Morgan fingerprint density at radius 2 is 0.384 bits per heavy atom. The van der Waals surface area contributed by atoms with E-state index >= 15 is 19.2 Å². The predicted octanol–water partition coefficient (Wildman–Crippen LogP) is 26.7. The van der Waals surface area contributed by atoms with Crippen molar-refractivity contribution in [2.75, 3.05) is 39.3 Å². The van der Waals surface area contributed by atoms with Gasteiger partial charge in [0.2, 0.25) is 0 Å². The van der Waals surface area contributed by atoms with Crippen molar-refractivity contribution in [3.8, 4) is 9.75 Å². The molecule has 12 heterocycles. The zero-order valence-corrected chi connectivity index (χ0v) is 75.1. The van der Waals surface area contributed by atoms with Crippen molar-refractivity contribution < 1.29 is 28.8 Å². The molecule has 6 aromatic heterocycles. The summed E-state index contributed by atoms with van der Waals surface area (Å²) >= 11 is 13.4. The third-order valence-corrected chi connectivity index (χ3v) is 29.6. The number of thiophene rings is 6. The SMILES string of the molecule is CCCCCCCCN1C(=O)C2=C(c3ccc(-c4ccc(C5=C6C(=O)N(CCCCCCCC)C(c7ccc(C)s7)=C6C(=O)N5CCCCCCCC)s4)s3)N(CCCCCCCC)C(=O)C2=C1c1ccc(C)s1.CCCCCCCCN1C(=O)C2=C(c3ccc(Br)s3)N(CCCCCCCC)C(=O)C2=C1c1ccc(C)s1. The Hall–Kier alpha value is -6.06. The Labute approximate surface area is 702 Å². The van der Waals surface area contributed by atoms with E-state index < -0.39 is 0 Å². The number of halogens is 1. The first-order valence-electron chi connectivity index (χ1n) is 43.2. The summed E-state index contributed by atoms with van der Waals surface area (Å²) in [4.78, 5) is 111. The highest BCUT2D eigenvalue weighted by molar-refractivity contribution is 9.11. The number of hydrogen-bond donors (Lipinski definition) is 0. The van der Waals surface area contributed by atoms with E-state index in [-0.39, 0.29) is 35.4 Å². The molecule has 6 aliphatic heterocycles. The minimum Gasteiger partial charge on any atom is -0.306 e. The lowest BCUT2D eigenvalue weighted by atomic mass is 10.1. The van der Waals surface area contributed by atoms with Crippen LogP contribution in [0.15, 0.2) is 110 Å². The Morgan fingerprint density at radius 1 is 0.214 bits per heavy atom. The lowest BCUT2D eigenvalue weighted by molar-refractivity contribution is -0.124. The molecule has 0 aromatic carbocycles. The molecule has 604 valence electrons. The molecule has 12 rings (SSSR count). The van der Waals surface area contributed by atoms with Gasteiger partial charge in [-0.2, -0.15) is 0 Å². The number of rotatable bonds is 49. The van der Waals surface area contributed by atoms with Crippen molar-refractivity contribution in [1.29, 1.82) is 0 Å². The van der Waals surface area contributed by atoms with Gasteiger partial charge in [-0.05, 0) is 148 Å². The monoisotopic (exact) mass is 1690 g/mol. The summed E-state index contributed by atoms with van der Waals surface area (Å²) in [5, 5.41) is 0. The van der Waals surface area contributed by atoms with Gasteiger partial charge in [0.1, 0.15) is 0 Å². The smallest absolute Gasteiger partial charge is 0.261 e. The van der Waals surface area contributed by atoms with Crippen LogP contribution in [0.5, 0.6) is 0 Å². The van der Waals surface area contributed by atoms with E-state index in [0.717, 1.165) is 189 Å². The van der Waals surface area contributed by atoms with Crippen LogP contribution in [-0.4, -0.2) is 104 Å². The van der Waals surface area contributed by atoms with E-state index in [2.05, 4.69) is 139 Å². The summed E-state index contributed by atoms with van der Waals surface area (Å²) in [6, 6.07) is 25.1. The van der Waals surface area contributed by atoms with Crippen LogP contribution in [0.2, 0.25) is 0 Å². The van der Waals surface area contributed by atoms with Crippen molar-refractivity contribution >= 4 is 154 Å². The first kappa shape index (κ1) is 86.8. The molecule has 0 bridgehead atoms. The molecule has 19 heteroatoms. The second-order valence-electron chi connectivity index (χ2n) is 31.4. The van der Waals surface area contributed by atoms with Crippen LogP contribution in [0.3, 0.4) is 0 Å². The molecule has 0 atom stereocenters. The first-order chi connectivity index (χ1) is 54.6. The van der Waals surface area contributed by atoms with Gasteiger partial charge in [-0.1, -0.05) is 234 Å². The number of nitrogens with zero attached hydrogens (tertiary/aromatic N) is 6. The summed E-state index contributed by atoms with van der Waals surface area (Å²) in [6.45, 7) is 23.3. The van der Waals surface area contributed by atoms with Crippen LogP contribution < -0.4 is 0 Å². The average molecular weight is 1690 g/mol. The molecule has 0 N–H and O–H groups in total. The maximum absolute atomic E-state index is 15.0. The fourth-order valence-electron chi connectivity index (χ4n) is 16.6. The lowest BCUT2D eigenvalue weighted by Gasteiger charge is -2.24. The standard InChI is InChI=1S/C62H82N4O4S4.C31H41BrN2O2S2/c1-7-11-15-19-23-27-39-63-55(47-33-31-43(5)71-47)51-53(61(63)69)57(65(59(51)67)41-29-25-21-17-13-9-3)49-37-35-45(73-49)46-36-38-50(74-46)58-54-52(60(68)66(58)42-30-26-22-18-14-10-4)56(48-34-32-44(6)72-48)64(62(54)70)40-28-24-20-16-12-8-2;1-4-6-8-10-12-14-20-33-28(23-17-16-22(3)37-23)26-27(31(33)36)29(24-18-19-25(32)38-24)34(30(26)35)21-15-13-11-9-7-5-2/h31-38H,7-30,39-42H2,1-6H3;16-19H,4-15,20-21H2,1-3H3. The average Bonchev–Trinajstić information content (AvgIpc) is 1.57. The zero-order chi connectivity index (χ0) is 79.2. The highest BCUT2D eigenvalue weighted by Gasteiger charge is 2.53. The normalized spacial score (nSPS) is 15.8. The van der Waals surface area contributed by atoms with Crippen molar-refractivity contribution in [1.82, 2.24) is 29.4 Å². The van der Waals surface area contributed by atoms with E-state index in [0.29, 0.717) is 72.7 Å². The van der Waals surface area contributed by atoms with Crippen LogP contribution in [0.1, 0.15) is 317 Å². The number of hydrogen-bond acceptors (Lipinski definition) is 12. The summed E-state index contributed by atoms with van der Waals surface area (Å²) in [5.41, 5.74) is 8.18. The number of aryl methyl sites for hydroxylation is 3. The van der Waals surface area contributed by atoms with Crippen LogP contribution in [0.4, 0.5) is 0 Å². The van der Waals surface area contributed by atoms with Crippen LogP contribution in [0.25, 0.3) is 43.9 Å². The van der Waals surface area contributed by atoms with Gasteiger partial charge in [0.25, 0.3) is 35.4 Å². The van der Waals surface area contributed by atoms with Crippen LogP contribution in [0, 0.1) is 20.8 Å². The number of fused-ring (bicyclic) bond motifs is 3. The highest BCUT2D eigenvalue weighted by Crippen LogP contribution is 2.54. The molecule has 0 aliphatic carbocycles. The topological polar surface area (TPSA) is 122 Å². The van der Waals surface area contributed by atoms with Gasteiger partial charge in [0.15, 0.2) is 0 Å². The molecule has 0 radical (unpaired) electrons. The van der Waals surface area contributed by atoms with Gasteiger partial charge in [-0.3, -0.25) is 28.8 Å². The summed E-state index contributed by atoms with van der Waals surface area (Å²) in [5.74, 6) is -0.257. The summed E-state index contributed by atoms with van der Waals surface area (Å²) in [6.07, 6.45) is 40.7. The van der Waals surface area contributed by atoms with Crippen molar-refractivity contribution in [2.24, 2.45) is 0 Å². The van der Waals surface area contributed by atoms with E-state index in [1.165, 1.54) is 133 Å². The molecule has 0 unspecified atom stereocenters. The maximum atomic E-state index is 15.0. The molecule has 6 amide bonds. The highest BCUT2D eigenvalue weighted by atomic mass is 79.9. The second-order valence-corrected chi connectivity index (χ2v) is 39.8. The number of unbranched alkanes of at least 4 members (excludes halogenated alkanes) is 30. The van der Waals surface area contributed by atoms with E-state index in [1.54, 1.807) is 68.0 Å². The molecule has 0 saturated heterocycles. The largest absolute Gasteiger partial charge is 0.306 e. The van der Waals surface area contributed by atoms with Gasteiger partial charge in [-0.15, -0.1) is 68.0 Å². The van der Waals surface area contributed by atoms with Gasteiger partial charge in [0.05, 0.1) is 101 Å². The van der Waals surface area contributed by atoms with E-state index in [4.69, 9.17) is 0 Å². The maximum Gasteiger partial charge on any atom is 0.261 e. The zero-order valence-electron chi connectivity index (χ0n) is 68.6.